The molecule has 0 aliphatic rings. The first-order valence-corrected chi connectivity index (χ1v) is 8.87. The van der Waals surface area contributed by atoms with Gasteiger partial charge in [-0.05, 0) is 49.1 Å². The molecular formula is C21H26N2O2. The van der Waals surface area contributed by atoms with Crippen molar-refractivity contribution in [3.05, 3.63) is 65.7 Å². The van der Waals surface area contributed by atoms with Crippen LogP contribution < -0.4 is 10.6 Å². The van der Waals surface area contributed by atoms with Crippen LogP contribution in [0.5, 0.6) is 0 Å². The first-order valence-electron chi connectivity index (χ1n) is 8.87. The second-order valence-corrected chi connectivity index (χ2v) is 6.07. The van der Waals surface area contributed by atoms with E-state index in [1.165, 1.54) is 5.56 Å². The lowest BCUT2D eigenvalue weighted by molar-refractivity contribution is -0.120. The first-order chi connectivity index (χ1) is 12.1. The lowest BCUT2D eigenvalue weighted by atomic mass is 10.0. The van der Waals surface area contributed by atoms with Crippen molar-refractivity contribution in [2.24, 2.45) is 5.92 Å². The second kappa shape index (κ2) is 9.62. The topological polar surface area (TPSA) is 58.2 Å². The van der Waals surface area contributed by atoms with Crippen LogP contribution in [-0.4, -0.2) is 18.4 Å². The summed E-state index contributed by atoms with van der Waals surface area (Å²) in [4.78, 5) is 24.3. The summed E-state index contributed by atoms with van der Waals surface area (Å²) in [5, 5.41) is 5.82. The zero-order valence-corrected chi connectivity index (χ0v) is 14.9. The monoisotopic (exact) mass is 338 g/mol. The molecule has 0 bridgehead atoms. The number of nitrogens with one attached hydrogen (secondary N) is 2. The second-order valence-electron chi connectivity index (χ2n) is 6.07. The molecule has 4 nitrogen and oxygen atoms in total. The van der Waals surface area contributed by atoms with Crippen LogP contribution in [0.4, 0.5) is 5.69 Å². The van der Waals surface area contributed by atoms with Crippen molar-refractivity contribution >= 4 is 17.5 Å². The molecule has 0 heterocycles. The normalized spacial score (nSPS) is 10.5. The van der Waals surface area contributed by atoms with Crippen molar-refractivity contribution in [2.75, 3.05) is 11.9 Å². The van der Waals surface area contributed by atoms with Gasteiger partial charge in [-0.25, -0.2) is 0 Å². The highest BCUT2D eigenvalue weighted by Crippen LogP contribution is 2.14. The number of carbonyl (C=O) groups excluding carboxylic acids is 2. The lowest BCUT2D eigenvalue weighted by Crippen LogP contribution is -2.25. The molecule has 2 aromatic carbocycles. The summed E-state index contributed by atoms with van der Waals surface area (Å²) in [5.41, 5.74) is 2.51. The van der Waals surface area contributed by atoms with Gasteiger partial charge < -0.3 is 10.6 Å². The maximum absolute atomic E-state index is 12.2. The molecule has 0 atom stereocenters. The molecule has 0 aliphatic carbocycles. The van der Waals surface area contributed by atoms with Gasteiger partial charge in [-0.15, -0.1) is 0 Å². The highest BCUT2D eigenvalue weighted by atomic mass is 16.2. The maximum atomic E-state index is 12.2. The Balaban J connectivity index is 1.84. The van der Waals surface area contributed by atoms with E-state index in [1.54, 1.807) is 24.3 Å². The van der Waals surface area contributed by atoms with E-state index in [0.29, 0.717) is 12.1 Å². The molecule has 2 aromatic rings. The van der Waals surface area contributed by atoms with Gasteiger partial charge in [0.2, 0.25) is 5.91 Å². The number of hydrogen-bond donors (Lipinski definition) is 2. The summed E-state index contributed by atoms with van der Waals surface area (Å²) < 4.78 is 0. The standard InChI is InChI=1S/C21H26N2O2/c1-3-17(4-2)21(25)23-19-12-10-18(11-13-19)20(24)22-15-14-16-8-6-5-7-9-16/h5-13,17H,3-4,14-15H2,1-2H3,(H,22,24)(H,23,25). The van der Waals surface area contributed by atoms with Crippen molar-refractivity contribution in [1.29, 1.82) is 0 Å². The summed E-state index contributed by atoms with van der Waals surface area (Å²) in [6.45, 7) is 4.61. The SMILES string of the molecule is CCC(CC)C(=O)Nc1ccc(C(=O)NCCc2ccccc2)cc1. The number of hydrogen-bond acceptors (Lipinski definition) is 2. The Morgan fingerprint density at radius 2 is 1.56 bits per heavy atom. The van der Waals surface area contributed by atoms with Crippen molar-refractivity contribution < 1.29 is 9.59 Å². The van der Waals surface area contributed by atoms with E-state index >= 15 is 0 Å². The highest BCUT2D eigenvalue weighted by molar-refractivity contribution is 5.96. The molecule has 2 N–H and O–H groups in total. The average Bonchev–Trinajstić information content (AvgIpc) is 2.64. The van der Waals surface area contributed by atoms with E-state index < -0.39 is 0 Å². The Hall–Kier alpha value is -2.62. The van der Waals surface area contributed by atoms with E-state index in [9.17, 15) is 9.59 Å². The van der Waals surface area contributed by atoms with Crippen LogP contribution in [0.3, 0.4) is 0 Å². The molecule has 25 heavy (non-hydrogen) atoms. The fraction of sp³-hybridized carbons (Fsp3) is 0.333. The van der Waals surface area contributed by atoms with Crippen LogP contribution in [0.2, 0.25) is 0 Å². The van der Waals surface area contributed by atoms with Crippen molar-refractivity contribution in [3.63, 3.8) is 0 Å². The van der Waals surface area contributed by atoms with Gasteiger partial charge in [-0.2, -0.15) is 0 Å². The van der Waals surface area contributed by atoms with Gasteiger partial charge >= 0.3 is 0 Å². The van der Waals surface area contributed by atoms with Crippen LogP contribution in [0.1, 0.15) is 42.6 Å². The number of amides is 2. The van der Waals surface area contributed by atoms with E-state index in [2.05, 4.69) is 10.6 Å². The number of rotatable bonds is 8. The van der Waals surface area contributed by atoms with Gasteiger partial charge in [0.25, 0.3) is 5.91 Å². The largest absolute Gasteiger partial charge is 0.352 e. The Kier molecular flexibility index (Phi) is 7.20. The van der Waals surface area contributed by atoms with Gasteiger partial charge in [0.1, 0.15) is 0 Å². The molecule has 0 saturated carbocycles. The number of anilines is 1. The van der Waals surface area contributed by atoms with Crippen molar-refractivity contribution in [3.8, 4) is 0 Å². The fourth-order valence-corrected chi connectivity index (χ4v) is 2.68. The molecule has 0 aliphatic heterocycles. The molecule has 0 aromatic heterocycles. The third kappa shape index (κ3) is 5.75. The van der Waals surface area contributed by atoms with E-state index in [0.717, 1.165) is 24.9 Å². The zero-order valence-electron chi connectivity index (χ0n) is 14.9. The first kappa shape index (κ1) is 18.7. The molecule has 0 unspecified atom stereocenters. The van der Waals surface area contributed by atoms with Gasteiger partial charge in [0.05, 0.1) is 0 Å². The van der Waals surface area contributed by atoms with Crippen molar-refractivity contribution in [1.82, 2.24) is 5.32 Å². The zero-order chi connectivity index (χ0) is 18.1. The Bertz CT molecular complexity index is 677. The van der Waals surface area contributed by atoms with Crippen LogP contribution >= 0.6 is 0 Å². The average molecular weight is 338 g/mol. The molecule has 0 fully saturated rings. The minimum Gasteiger partial charge on any atom is -0.352 e. The molecule has 0 saturated heterocycles. The summed E-state index contributed by atoms with van der Waals surface area (Å²) >= 11 is 0. The summed E-state index contributed by atoms with van der Waals surface area (Å²) in [6.07, 6.45) is 2.45. The van der Waals surface area contributed by atoms with E-state index in [-0.39, 0.29) is 17.7 Å². The fourth-order valence-electron chi connectivity index (χ4n) is 2.68. The smallest absolute Gasteiger partial charge is 0.251 e. The van der Waals surface area contributed by atoms with Crippen molar-refractivity contribution in [2.45, 2.75) is 33.1 Å². The van der Waals surface area contributed by atoms with Gasteiger partial charge in [0, 0.05) is 23.7 Å². The molecule has 2 rings (SSSR count). The van der Waals surface area contributed by atoms with Crippen LogP contribution in [0.25, 0.3) is 0 Å². The molecule has 2 amide bonds. The third-order valence-corrected chi connectivity index (χ3v) is 4.31. The number of benzene rings is 2. The summed E-state index contributed by atoms with van der Waals surface area (Å²) in [6, 6.07) is 17.1. The number of carbonyl (C=O) groups is 2. The van der Waals surface area contributed by atoms with Gasteiger partial charge in [-0.3, -0.25) is 9.59 Å². The minimum atomic E-state index is -0.103. The van der Waals surface area contributed by atoms with Gasteiger partial charge in [-0.1, -0.05) is 44.2 Å². The van der Waals surface area contributed by atoms with Crippen LogP contribution in [0.15, 0.2) is 54.6 Å². The molecular weight excluding hydrogens is 312 g/mol. The quantitative estimate of drug-likeness (QED) is 0.763. The summed E-state index contributed by atoms with van der Waals surface area (Å²) in [5.74, 6) is -0.0418. The Morgan fingerprint density at radius 3 is 2.16 bits per heavy atom. The van der Waals surface area contributed by atoms with Crippen LogP contribution in [-0.2, 0) is 11.2 Å². The maximum Gasteiger partial charge on any atom is 0.251 e. The van der Waals surface area contributed by atoms with E-state index in [1.807, 2.05) is 44.2 Å². The summed E-state index contributed by atoms with van der Waals surface area (Å²) in [7, 11) is 0. The predicted octanol–water partition coefficient (Wildman–Crippen LogP) is 4.03. The Labute approximate surface area is 149 Å². The lowest BCUT2D eigenvalue weighted by Gasteiger charge is -2.13. The predicted molar refractivity (Wildman–Crippen MR) is 102 cm³/mol. The molecule has 4 heteroatoms. The van der Waals surface area contributed by atoms with Crippen LogP contribution in [0, 0.1) is 5.92 Å². The molecule has 0 radical (unpaired) electrons. The molecule has 132 valence electrons. The minimum absolute atomic E-state index is 0.0287. The molecule has 0 spiro atoms. The highest BCUT2D eigenvalue weighted by Gasteiger charge is 2.14. The van der Waals surface area contributed by atoms with E-state index in [4.69, 9.17) is 0 Å². The Morgan fingerprint density at radius 1 is 0.920 bits per heavy atom. The van der Waals surface area contributed by atoms with Gasteiger partial charge in [0.15, 0.2) is 0 Å². The third-order valence-electron chi connectivity index (χ3n) is 4.31.